The molecule has 0 saturated carbocycles. The number of aromatic nitrogens is 2. The van der Waals surface area contributed by atoms with Gasteiger partial charge in [-0.15, -0.1) is 0 Å². The van der Waals surface area contributed by atoms with Gasteiger partial charge in [0, 0.05) is 20.1 Å². The molecule has 7 heteroatoms. The number of likely N-dealkylation sites (tertiary alicyclic amines) is 1. The standard InChI is InChI=1S/C18H22N4O3/c1-20-16(19)15(17(24)21(2)18(20)25)14(23)11-22-10-6-9-13(22)12-7-4-3-5-8-12/h3-5,7-8,13H,6,9-11,19H2,1-2H3/t13-/m1/s1. The molecule has 3 rings (SSSR count). The smallest absolute Gasteiger partial charge is 0.332 e. The Labute approximate surface area is 145 Å². The number of Topliss-reactive ketones (excluding diaryl/α,β-unsaturated/α-hetero) is 1. The van der Waals surface area contributed by atoms with Gasteiger partial charge in [-0.25, -0.2) is 4.79 Å². The summed E-state index contributed by atoms with van der Waals surface area (Å²) in [6, 6.07) is 10.2. The summed E-state index contributed by atoms with van der Waals surface area (Å²) in [4.78, 5) is 39.1. The van der Waals surface area contributed by atoms with E-state index in [4.69, 9.17) is 5.73 Å². The van der Waals surface area contributed by atoms with Crippen LogP contribution in [0.2, 0.25) is 0 Å². The van der Waals surface area contributed by atoms with Crippen LogP contribution in [0.1, 0.15) is 34.8 Å². The van der Waals surface area contributed by atoms with Gasteiger partial charge in [-0.3, -0.25) is 23.6 Å². The Balaban J connectivity index is 1.91. The molecule has 7 nitrogen and oxygen atoms in total. The molecule has 2 aromatic rings. The van der Waals surface area contributed by atoms with E-state index in [2.05, 4.69) is 4.90 Å². The molecule has 2 N–H and O–H groups in total. The highest BCUT2D eigenvalue weighted by atomic mass is 16.2. The quantitative estimate of drug-likeness (QED) is 0.826. The molecule has 2 heterocycles. The lowest BCUT2D eigenvalue weighted by molar-refractivity contribution is 0.0919. The molecule has 0 spiro atoms. The number of nitrogens with zero attached hydrogens (tertiary/aromatic N) is 3. The molecule has 0 radical (unpaired) electrons. The number of carbonyl (C=O) groups excluding carboxylic acids is 1. The zero-order valence-corrected chi connectivity index (χ0v) is 14.4. The van der Waals surface area contributed by atoms with Crippen LogP contribution in [0.3, 0.4) is 0 Å². The van der Waals surface area contributed by atoms with E-state index in [1.54, 1.807) is 0 Å². The Morgan fingerprint density at radius 1 is 1.16 bits per heavy atom. The van der Waals surface area contributed by atoms with E-state index in [0.29, 0.717) is 0 Å². The molecule has 1 aromatic heterocycles. The minimum absolute atomic E-state index is 0.0754. The molecule has 1 saturated heterocycles. The van der Waals surface area contributed by atoms with Crippen molar-refractivity contribution in [3.63, 3.8) is 0 Å². The lowest BCUT2D eigenvalue weighted by Crippen LogP contribution is -2.43. The Morgan fingerprint density at radius 3 is 2.52 bits per heavy atom. The minimum atomic E-state index is -0.638. The van der Waals surface area contributed by atoms with Crippen LogP contribution in [0.15, 0.2) is 39.9 Å². The molecule has 1 aliphatic heterocycles. The second-order valence-electron chi connectivity index (χ2n) is 6.43. The minimum Gasteiger partial charge on any atom is -0.384 e. The Morgan fingerprint density at radius 2 is 1.84 bits per heavy atom. The summed E-state index contributed by atoms with van der Waals surface area (Å²) in [7, 11) is 2.81. The summed E-state index contributed by atoms with van der Waals surface area (Å²) >= 11 is 0. The van der Waals surface area contributed by atoms with Crippen LogP contribution in [0.5, 0.6) is 0 Å². The first-order valence-corrected chi connectivity index (χ1v) is 8.29. The number of rotatable bonds is 4. The molecule has 25 heavy (non-hydrogen) atoms. The summed E-state index contributed by atoms with van der Waals surface area (Å²) in [5.41, 5.74) is 5.76. The van der Waals surface area contributed by atoms with Crippen LogP contribution in [0.4, 0.5) is 5.82 Å². The highest BCUT2D eigenvalue weighted by Crippen LogP contribution is 2.31. The van der Waals surface area contributed by atoms with Crippen molar-refractivity contribution in [3.8, 4) is 0 Å². The second-order valence-corrected chi connectivity index (χ2v) is 6.43. The van der Waals surface area contributed by atoms with Gasteiger partial charge in [0.2, 0.25) is 0 Å². The topological polar surface area (TPSA) is 90.3 Å². The summed E-state index contributed by atoms with van der Waals surface area (Å²) in [6.07, 6.45) is 1.96. The van der Waals surface area contributed by atoms with Gasteiger partial charge in [-0.2, -0.15) is 0 Å². The Bertz CT molecular complexity index is 914. The molecule has 1 fully saturated rings. The van der Waals surface area contributed by atoms with Crippen LogP contribution in [0, 0.1) is 0 Å². The lowest BCUT2D eigenvalue weighted by Gasteiger charge is -2.24. The van der Waals surface area contributed by atoms with Crippen molar-refractivity contribution in [2.75, 3.05) is 18.8 Å². The van der Waals surface area contributed by atoms with Gasteiger partial charge < -0.3 is 5.73 Å². The molecule has 0 aliphatic carbocycles. The molecule has 0 amide bonds. The van der Waals surface area contributed by atoms with Gasteiger partial charge in [0.25, 0.3) is 5.56 Å². The summed E-state index contributed by atoms with van der Waals surface area (Å²) in [6.45, 7) is 0.897. The van der Waals surface area contributed by atoms with E-state index in [-0.39, 0.29) is 29.8 Å². The zero-order chi connectivity index (χ0) is 18.1. The van der Waals surface area contributed by atoms with Crippen molar-refractivity contribution in [2.45, 2.75) is 18.9 Å². The van der Waals surface area contributed by atoms with Gasteiger partial charge in [-0.1, -0.05) is 30.3 Å². The van der Waals surface area contributed by atoms with Crippen molar-refractivity contribution in [3.05, 3.63) is 62.3 Å². The van der Waals surface area contributed by atoms with Crippen molar-refractivity contribution in [2.24, 2.45) is 14.1 Å². The average molecular weight is 342 g/mol. The lowest BCUT2D eigenvalue weighted by atomic mass is 10.0. The number of benzene rings is 1. The van der Waals surface area contributed by atoms with E-state index < -0.39 is 11.2 Å². The Kier molecular flexibility index (Phi) is 4.59. The van der Waals surface area contributed by atoms with Crippen molar-refractivity contribution in [1.29, 1.82) is 0 Å². The van der Waals surface area contributed by atoms with Crippen molar-refractivity contribution < 1.29 is 4.79 Å². The van der Waals surface area contributed by atoms with Crippen LogP contribution in [-0.2, 0) is 14.1 Å². The molecule has 132 valence electrons. The SMILES string of the molecule is Cn1c(N)c(C(=O)CN2CCC[C@@H]2c2ccccc2)c(=O)n(C)c1=O. The molecule has 0 bridgehead atoms. The largest absolute Gasteiger partial charge is 0.384 e. The number of anilines is 1. The second kappa shape index (κ2) is 6.68. The maximum atomic E-state index is 12.8. The molecule has 1 aromatic carbocycles. The first-order chi connectivity index (χ1) is 11.9. The monoisotopic (exact) mass is 342 g/mol. The highest BCUT2D eigenvalue weighted by molar-refractivity contribution is 6.01. The summed E-state index contributed by atoms with van der Waals surface area (Å²) in [5.74, 6) is -0.426. The molecule has 1 atom stereocenters. The van der Waals surface area contributed by atoms with E-state index >= 15 is 0 Å². The van der Waals surface area contributed by atoms with Crippen LogP contribution >= 0.6 is 0 Å². The number of ketones is 1. The number of hydrogen-bond donors (Lipinski definition) is 1. The normalized spacial score (nSPS) is 17.8. The third-order valence-electron chi connectivity index (χ3n) is 4.88. The van der Waals surface area contributed by atoms with E-state index in [0.717, 1.165) is 34.1 Å². The highest BCUT2D eigenvalue weighted by Gasteiger charge is 2.29. The zero-order valence-electron chi connectivity index (χ0n) is 14.4. The molecule has 1 aliphatic rings. The first-order valence-electron chi connectivity index (χ1n) is 8.29. The number of nitrogens with two attached hydrogens (primary N) is 1. The maximum Gasteiger partial charge on any atom is 0.332 e. The average Bonchev–Trinajstić information content (AvgIpc) is 3.07. The fourth-order valence-electron chi connectivity index (χ4n) is 3.45. The maximum absolute atomic E-state index is 12.8. The van der Waals surface area contributed by atoms with Crippen molar-refractivity contribution in [1.82, 2.24) is 14.0 Å². The number of nitrogen functional groups attached to an aromatic ring is 1. The summed E-state index contributed by atoms with van der Waals surface area (Å²) in [5, 5.41) is 0. The molecular weight excluding hydrogens is 320 g/mol. The van der Waals surface area contributed by atoms with E-state index in [9.17, 15) is 14.4 Å². The first kappa shape index (κ1) is 17.2. The van der Waals surface area contributed by atoms with Gasteiger partial charge in [0.05, 0.1) is 6.54 Å². The predicted octanol–water partition coefficient (Wildman–Crippen LogP) is 0.686. The number of carbonyl (C=O) groups is 1. The summed E-state index contributed by atoms with van der Waals surface area (Å²) < 4.78 is 2.05. The van der Waals surface area contributed by atoms with E-state index in [1.165, 1.54) is 14.1 Å². The van der Waals surface area contributed by atoms with Gasteiger partial charge in [0.1, 0.15) is 11.4 Å². The predicted molar refractivity (Wildman–Crippen MR) is 95.7 cm³/mol. The van der Waals surface area contributed by atoms with Gasteiger partial charge >= 0.3 is 5.69 Å². The van der Waals surface area contributed by atoms with Crippen LogP contribution in [-0.4, -0.2) is 32.9 Å². The fourth-order valence-corrected chi connectivity index (χ4v) is 3.45. The van der Waals surface area contributed by atoms with E-state index in [1.807, 2.05) is 30.3 Å². The third-order valence-corrected chi connectivity index (χ3v) is 4.88. The fraction of sp³-hybridized carbons (Fsp3) is 0.389. The third kappa shape index (κ3) is 3.02. The van der Waals surface area contributed by atoms with Gasteiger partial charge in [-0.05, 0) is 24.9 Å². The van der Waals surface area contributed by atoms with Gasteiger partial charge in [0.15, 0.2) is 5.78 Å². The molecular formula is C18H22N4O3. The van der Waals surface area contributed by atoms with Crippen LogP contribution in [0.25, 0.3) is 0 Å². The Hall–Kier alpha value is -2.67. The van der Waals surface area contributed by atoms with Crippen LogP contribution < -0.4 is 17.0 Å². The van der Waals surface area contributed by atoms with Crippen molar-refractivity contribution >= 4 is 11.6 Å². The number of hydrogen-bond acceptors (Lipinski definition) is 5. The molecule has 0 unspecified atom stereocenters.